The van der Waals surface area contributed by atoms with Gasteiger partial charge >= 0.3 is 29.2 Å². The number of nitro benzene ring substituents is 1. The van der Waals surface area contributed by atoms with Gasteiger partial charge in [-0.3, -0.25) is 42.9 Å². The number of rotatable bonds is 20. The highest BCUT2D eigenvalue weighted by atomic mass is 32.2. The summed E-state index contributed by atoms with van der Waals surface area (Å²) < 4.78 is 148. The molecular weight excluding hydrogens is 1310 g/mol. The third-order valence-electron chi connectivity index (χ3n) is 17.1. The molecule has 8 N–H and O–H groups in total. The van der Waals surface area contributed by atoms with Gasteiger partial charge < -0.3 is 43.6 Å². The highest BCUT2D eigenvalue weighted by Gasteiger charge is 2.47. The van der Waals surface area contributed by atoms with Gasteiger partial charge in [0, 0.05) is 53.4 Å². The fourth-order valence-corrected chi connectivity index (χ4v) is 16.6. The predicted molar refractivity (Wildman–Crippen MR) is 325 cm³/mol. The number of methoxy groups -OCH3 is 1. The van der Waals surface area contributed by atoms with Crippen LogP contribution in [0, 0.1) is 39.2 Å². The van der Waals surface area contributed by atoms with Crippen molar-refractivity contribution < 1.29 is 106 Å². The fourth-order valence-electron chi connectivity index (χ4n) is 11.9. The number of benzene rings is 4. The van der Waals surface area contributed by atoms with Crippen molar-refractivity contribution in [3.8, 4) is 29.1 Å². The van der Waals surface area contributed by atoms with Gasteiger partial charge in [-0.15, -0.1) is 0 Å². The average molecular weight is 1380 g/mol. The second-order valence-corrected chi connectivity index (χ2v) is 32.1. The molecule has 0 spiro atoms. The number of phosphoric acid groups is 3. The summed E-state index contributed by atoms with van der Waals surface area (Å²) in [6.45, 7) is 15.0. The lowest BCUT2D eigenvalue weighted by molar-refractivity contribution is -0.386. The van der Waals surface area contributed by atoms with Crippen LogP contribution in [0.4, 0.5) is 5.69 Å². The molecule has 3 heterocycles. The molecule has 0 radical (unpaired) electrons. The molecule has 0 saturated carbocycles. The molecule has 2 aliphatic heterocycles. The molecule has 92 heavy (non-hydrogen) atoms. The van der Waals surface area contributed by atoms with Crippen LogP contribution in [0.25, 0.3) is 11.6 Å². The lowest BCUT2D eigenvalue weighted by Gasteiger charge is -2.31. The summed E-state index contributed by atoms with van der Waals surface area (Å²) in [5.74, 6) is 4.43. The Morgan fingerprint density at radius 3 is 2.16 bits per heavy atom. The van der Waals surface area contributed by atoms with E-state index in [-0.39, 0.29) is 92.4 Å². The maximum Gasteiger partial charge on any atom is 0.490 e. The van der Waals surface area contributed by atoms with E-state index in [4.69, 9.17) is 28.7 Å². The van der Waals surface area contributed by atoms with Crippen molar-refractivity contribution in [2.75, 3.05) is 13.7 Å². The quantitative estimate of drug-likeness (QED) is 0.00973. The maximum absolute atomic E-state index is 13.9. The number of nitro groups is 1. The van der Waals surface area contributed by atoms with Gasteiger partial charge in [0.2, 0.25) is 0 Å². The van der Waals surface area contributed by atoms with Gasteiger partial charge in [0.05, 0.1) is 54.1 Å². The van der Waals surface area contributed by atoms with Crippen molar-refractivity contribution in [2.45, 2.75) is 140 Å². The van der Waals surface area contributed by atoms with Gasteiger partial charge in [0.15, 0.2) is 17.3 Å². The first kappa shape index (κ1) is 70.0. The molecule has 4 aliphatic rings. The standard InChI is InChI=1S/C58H66N3O26P3S2/c1-29-19-35-40(57(29,6)7)22-38-48(39-23-41-36(20-30(2)58(41,8)9)52(92(78,79)80)50(39)85-49(38)51(35)91(75,76)77)32-17-15-31(16-18-32)43(62)14-12-11-13-33-21-42(61(66)67)37(24-45(33)81-10)53(56(3,4)5)82-27-34-26-60(55(65)59-54(34)64)47-25-44(63)46(84-47)28-83-89(71,72)87-90(73,74)86-88(68,69)70/h15-19,21-24,26,29-30,44,46-47,53,63H,12,14,20,25,27-28H2,1-10H3,(H,71,72)(H,73,74)(H,59,64,65)(H2,68,69,70)(H,75,76,77)(H,78,79,80)/t29?,30?,44-,46-,47-,53-/m1/s1. The Labute approximate surface area is 526 Å². The second kappa shape index (κ2) is 24.8. The van der Waals surface area contributed by atoms with Crippen molar-refractivity contribution in [3.63, 3.8) is 0 Å². The Balaban J connectivity index is 0.959. The minimum absolute atomic E-state index is 0.0128. The number of nitrogens with one attached hydrogen (secondary N) is 1. The van der Waals surface area contributed by atoms with Crippen molar-refractivity contribution >= 4 is 66.8 Å². The van der Waals surface area contributed by atoms with Crippen LogP contribution in [0.3, 0.4) is 0 Å². The number of aliphatic hydroxyl groups is 1. The van der Waals surface area contributed by atoms with Crippen molar-refractivity contribution in [3.05, 3.63) is 146 Å². The monoisotopic (exact) mass is 1380 g/mol. The summed E-state index contributed by atoms with van der Waals surface area (Å²) in [5, 5.41) is 23.9. The van der Waals surface area contributed by atoms with Crippen LogP contribution in [0.5, 0.6) is 17.2 Å². The molecule has 34 heteroatoms. The van der Waals surface area contributed by atoms with E-state index in [0.29, 0.717) is 27.8 Å². The normalized spacial score (nSPS) is 21.4. The van der Waals surface area contributed by atoms with Gasteiger partial charge in [-0.05, 0) is 80.2 Å². The maximum atomic E-state index is 13.9. The molecular formula is C58H66N3O26P3S2. The zero-order chi connectivity index (χ0) is 68.1. The van der Waals surface area contributed by atoms with E-state index in [1.165, 1.54) is 25.3 Å². The van der Waals surface area contributed by atoms with Gasteiger partial charge in [-0.25, -0.2) is 18.5 Å². The Morgan fingerprint density at radius 1 is 0.913 bits per heavy atom. The highest BCUT2D eigenvalue weighted by Crippen LogP contribution is 2.66. The lowest BCUT2D eigenvalue weighted by atomic mass is 9.77. The number of ether oxygens (including phenoxy) is 4. The average Bonchev–Trinajstić information content (AvgIpc) is 1.13. The van der Waals surface area contributed by atoms with E-state index in [1.54, 1.807) is 51.1 Å². The second-order valence-electron chi connectivity index (χ2n) is 25.0. The molecule has 1 aromatic heterocycles. The van der Waals surface area contributed by atoms with E-state index in [2.05, 4.69) is 30.0 Å². The Morgan fingerprint density at radius 2 is 1.57 bits per heavy atom. The topological polar surface area (TPSA) is 441 Å². The fraction of sp³-hybridized carbons (Fsp3) is 0.431. The number of aromatic nitrogens is 2. The molecule has 5 aromatic rings. The number of ketones is 1. The number of H-pyrrole nitrogens is 1. The molecule has 1 fully saturated rings. The minimum Gasteiger partial charge on any atom is -0.495 e. The number of carbonyl (C=O) groups excluding carboxylic acids is 1. The molecule has 29 nitrogen and oxygen atoms in total. The molecule has 4 unspecified atom stereocenters. The minimum atomic E-state index is -5.87. The number of phosphoric ester groups is 1. The number of aliphatic hydroxyl groups excluding tert-OH is 1. The van der Waals surface area contributed by atoms with Crippen molar-refractivity contribution in [1.29, 1.82) is 0 Å². The molecule has 9 rings (SSSR count). The van der Waals surface area contributed by atoms with E-state index in [1.807, 2.05) is 41.5 Å². The summed E-state index contributed by atoms with van der Waals surface area (Å²) in [4.78, 5) is 90.2. The molecule has 0 amide bonds. The Kier molecular flexibility index (Phi) is 18.8. The van der Waals surface area contributed by atoms with Crippen LogP contribution in [-0.2, 0) is 80.4 Å². The van der Waals surface area contributed by atoms with Crippen molar-refractivity contribution in [2.24, 2.45) is 17.3 Å². The summed E-state index contributed by atoms with van der Waals surface area (Å²) in [6, 6.07) is 12.3. The van der Waals surface area contributed by atoms with Gasteiger partial charge in [0.25, 0.3) is 31.5 Å². The smallest absolute Gasteiger partial charge is 0.490 e. The third-order valence-corrected chi connectivity index (χ3v) is 22.8. The van der Waals surface area contributed by atoms with Gasteiger partial charge in [-0.2, -0.15) is 25.5 Å². The SMILES string of the molecule is COc1cc([C@@H](OCc2cn([C@H]3C[C@@H](O)[C@@H](COP(=O)(O)OP(=O)(O)OP(=O)(O)O)O3)c(=O)[nH]c2=O)C(C)(C)C)c([N+](=O)[O-])cc1C#CCCC(=O)c1ccc(C2=c3cc4c(c(S(=O)(=O)O)c3Oc3c2cc2c(c3S(=O)(=O)O)CC(C)C2(C)C)=CC(C)C4(C)C)cc1. The lowest BCUT2D eigenvalue weighted by Crippen LogP contribution is -2.35. The van der Waals surface area contributed by atoms with Crippen LogP contribution < -0.4 is 31.2 Å². The Hall–Kier alpha value is -6.36. The number of nitrogens with zero attached hydrogens (tertiary/aromatic N) is 2. The molecule has 496 valence electrons. The zero-order valence-corrected chi connectivity index (χ0v) is 55.2. The summed E-state index contributed by atoms with van der Waals surface area (Å²) in [6.07, 6.45) is -3.32. The highest BCUT2D eigenvalue weighted by molar-refractivity contribution is 7.86. The first-order chi connectivity index (χ1) is 42.3. The summed E-state index contributed by atoms with van der Waals surface area (Å²) >= 11 is 0. The zero-order valence-electron chi connectivity index (χ0n) is 50.9. The van der Waals surface area contributed by atoms with Crippen LogP contribution in [0.2, 0.25) is 0 Å². The molecule has 2 aliphatic carbocycles. The van der Waals surface area contributed by atoms with Crippen molar-refractivity contribution in [1.82, 2.24) is 9.55 Å². The molecule has 8 atom stereocenters. The van der Waals surface area contributed by atoms with E-state index in [0.717, 1.165) is 16.8 Å². The number of carbonyl (C=O) groups is 1. The third kappa shape index (κ3) is 14.0. The number of hydrogen-bond acceptors (Lipinski definition) is 20. The molecule has 0 bridgehead atoms. The summed E-state index contributed by atoms with van der Waals surface area (Å²) in [5.41, 5.74) is -2.18. The Bertz CT molecular complexity index is 4640. The van der Waals surface area contributed by atoms with Gasteiger partial charge in [0.1, 0.15) is 27.9 Å². The largest absolute Gasteiger partial charge is 0.495 e. The van der Waals surface area contributed by atoms with E-state index < -0.39 is 136 Å². The number of fused-ring (bicyclic) bond motifs is 4. The first-order valence-electron chi connectivity index (χ1n) is 28.2. The number of hydrogen-bond donors (Lipinski definition) is 8. The van der Waals surface area contributed by atoms with Crippen LogP contribution in [0.1, 0.15) is 149 Å². The van der Waals surface area contributed by atoms with E-state index in [9.17, 15) is 79.0 Å². The van der Waals surface area contributed by atoms with Crippen LogP contribution in [0.15, 0.2) is 74.1 Å². The van der Waals surface area contributed by atoms with Gasteiger partial charge in [-0.1, -0.05) is 104 Å². The van der Waals surface area contributed by atoms with Crippen LogP contribution in [-0.4, -0.2) is 96.8 Å². The van der Waals surface area contributed by atoms with Crippen LogP contribution >= 0.6 is 23.5 Å². The van der Waals surface area contributed by atoms with E-state index >= 15 is 0 Å². The summed E-state index contributed by atoms with van der Waals surface area (Å²) in [7, 11) is -26.0. The molecule has 1 saturated heterocycles. The number of Topliss-reactive ketones (excluding diaryl/α,β-unsaturated/α-hetero) is 1. The number of aromatic amines is 1. The molecule has 4 aromatic carbocycles. The predicted octanol–water partition coefficient (Wildman–Crippen LogP) is 6.79. The first-order valence-corrected chi connectivity index (χ1v) is 35.6.